The van der Waals surface area contributed by atoms with E-state index in [9.17, 15) is 4.79 Å². The number of nitrogens with zero attached hydrogens (tertiary/aromatic N) is 4. The number of hydrogen-bond acceptors (Lipinski definition) is 4. The summed E-state index contributed by atoms with van der Waals surface area (Å²) in [5.41, 5.74) is 13.5. The van der Waals surface area contributed by atoms with Crippen LogP contribution in [0.1, 0.15) is 20.8 Å². The van der Waals surface area contributed by atoms with Crippen LogP contribution >= 0.6 is 0 Å². The summed E-state index contributed by atoms with van der Waals surface area (Å²) in [4.78, 5) is 19.1. The van der Waals surface area contributed by atoms with Crippen molar-refractivity contribution in [2.75, 3.05) is 0 Å². The van der Waals surface area contributed by atoms with Crippen LogP contribution in [0.4, 0.5) is 0 Å². The maximum absolute atomic E-state index is 9.44. The summed E-state index contributed by atoms with van der Waals surface area (Å²) in [6, 6.07) is 57.9. The van der Waals surface area contributed by atoms with Crippen molar-refractivity contribution >= 4 is 33.7 Å². The van der Waals surface area contributed by atoms with Crippen LogP contribution in [0.25, 0.3) is 56.2 Å². The first kappa shape index (κ1) is 37.9. The number of amidine groups is 1. The number of nitrogens with two attached hydrogens (primary N) is 1. The molecule has 0 unspecified atom stereocenters. The molecule has 2 heterocycles. The molecule has 0 fully saturated rings. The van der Waals surface area contributed by atoms with E-state index >= 15 is 0 Å². The molecule has 254 valence electrons. The first-order valence-corrected chi connectivity index (χ1v) is 16.3. The Bertz CT molecular complexity index is 2110. The van der Waals surface area contributed by atoms with Crippen molar-refractivity contribution in [3.8, 4) is 34.2 Å². The number of benzene rings is 6. The third kappa shape index (κ3) is 10.0. The number of carbonyl (C=O) groups excluding carboxylic acids is 1. The van der Waals surface area contributed by atoms with Gasteiger partial charge >= 0.3 is 20.1 Å². The molecular formula is C43H40IrN6O+3. The summed E-state index contributed by atoms with van der Waals surface area (Å²) >= 11 is 0. The van der Waals surface area contributed by atoms with Gasteiger partial charge in [0.25, 0.3) is 0 Å². The molecule has 0 atom stereocenters. The fourth-order valence-electron chi connectivity index (χ4n) is 5.29. The van der Waals surface area contributed by atoms with Gasteiger partial charge in [-0.3, -0.25) is 14.5 Å². The molecule has 0 radical (unpaired) electrons. The van der Waals surface area contributed by atoms with E-state index in [1.807, 2.05) is 60.7 Å². The molecule has 2 aromatic heterocycles. The van der Waals surface area contributed by atoms with E-state index in [0.29, 0.717) is 0 Å². The minimum Gasteiger partial charge on any atom is -0.388 e. The van der Waals surface area contributed by atoms with Gasteiger partial charge in [-0.25, -0.2) is 9.97 Å². The Labute approximate surface area is 312 Å². The van der Waals surface area contributed by atoms with Crippen LogP contribution in [0.2, 0.25) is 0 Å². The summed E-state index contributed by atoms with van der Waals surface area (Å²) in [6.07, 6.45) is 0. The molecule has 0 aliphatic heterocycles. The number of hydrogen-bond donors (Lipinski definition) is 2. The van der Waals surface area contributed by atoms with Crippen molar-refractivity contribution in [2.45, 2.75) is 20.8 Å². The maximum Gasteiger partial charge on any atom is 3.00 e. The van der Waals surface area contributed by atoms with Crippen LogP contribution in [0.15, 0.2) is 170 Å². The number of Topliss-reactive ketones (excluding diaryl/α,β-unsaturated/α-hetero) is 1. The number of aromatic nitrogens is 4. The maximum atomic E-state index is 9.44. The van der Waals surface area contributed by atoms with E-state index in [-0.39, 0.29) is 31.7 Å². The van der Waals surface area contributed by atoms with Crippen LogP contribution < -0.4 is 5.73 Å². The van der Waals surface area contributed by atoms with E-state index in [4.69, 9.17) is 21.1 Å². The predicted molar refractivity (Wildman–Crippen MR) is 207 cm³/mol. The second-order valence-electron chi connectivity index (χ2n) is 11.5. The fraction of sp³-hybridized carbons (Fsp3) is 0.0698. The molecule has 0 spiro atoms. The van der Waals surface area contributed by atoms with Gasteiger partial charge < -0.3 is 10.5 Å². The van der Waals surface area contributed by atoms with Crippen molar-refractivity contribution < 1.29 is 24.9 Å². The zero-order valence-corrected chi connectivity index (χ0v) is 31.2. The Balaban J connectivity index is 0.000000187. The first-order chi connectivity index (χ1) is 24.3. The number of ketones is 1. The van der Waals surface area contributed by atoms with Crippen LogP contribution in [0.3, 0.4) is 0 Å². The average Bonchev–Trinajstić information content (AvgIpc) is 3.73. The smallest absolute Gasteiger partial charge is 0.388 e. The van der Waals surface area contributed by atoms with Crippen molar-refractivity contribution in [3.05, 3.63) is 170 Å². The molecule has 0 saturated heterocycles. The van der Waals surface area contributed by atoms with Gasteiger partial charge in [0.05, 0.1) is 27.9 Å². The zero-order valence-electron chi connectivity index (χ0n) is 28.8. The number of imidazole rings is 2. The molecule has 8 heteroatoms. The zero-order chi connectivity index (χ0) is 35.3. The molecule has 0 amide bonds. The SMILES string of the molecule is CC(=N)N.CC(C)=O.[Ir+3].c1ccc(-c2nc3ccccc3n2-c2ccccc2)cc1.c1ccc(-c2nc3ccccc3n2-c2ccccc2)cc1. The number of fused-ring (bicyclic) bond motifs is 2. The van der Waals surface area contributed by atoms with Gasteiger partial charge in [0, 0.05) is 22.5 Å². The molecule has 7 nitrogen and oxygen atoms in total. The van der Waals surface area contributed by atoms with Gasteiger partial charge in [0.2, 0.25) is 0 Å². The van der Waals surface area contributed by atoms with Crippen molar-refractivity contribution in [2.24, 2.45) is 5.73 Å². The van der Waals surface area contributed by atoms with E-state index in [2.05, 4.69) is 118 Å². The van der Waals surface area contributed by atoms with E-state index < -0.39 is 0 Å². The second kappa shape index (κ2) is 18.7. The third-order valence-corrected chi connectivity index (χ3v) is 7.21. The summed E-state index contributed by atoms with van der Waals surface area (Å²) in [7, 11) is 0. The minimum absolute atomic E-state index is 0. The average molecular weight is 849 g/mol. The molecular weight excluding hydrogens is 809 g/mol. The molecule has 0 aliphatic carbocycles. The van der Waals surface area contributed by atoms with Gasteiger partial charge in [-0.2, -0.15) is 0 Å². The fourth-order valence-corrected chi connectivity index (χ4v) is 5.29. The predicted octanol–water partition coefficient (Wildman–Crippen LogP) is 9.92. The van der Waals surface area contributed by atoms with Crippen molar-refractivity contribution in [1.29, 1.82) is 5.41 Å². The molecule has 3 N–H and O–H groups in total. The number of para-hydroxylation sites is 6. The Kier molecular flexibility index (Phi) is 13.9. The summed E-state index contributed by atoms with van der Waals surface area (Å²) in [5, 5.41) is 6.28. The van der Waals surface area contributed by atoms with Crippen molar-refractivity contribution in [1.82, 2.24) is 19.1 Å². The molecule has 0 saturated carbocycles. The number of carbonyl (C=O) groups is 1. The Morgan fingerprint density at radius 1 is 0.490 bits per heavy atom. The third-order valence-electron chi connectivity index (χ3n) is 7.21. The van der Waals surface area contributed by atoms with Gasteiger partial charge in [0.15, 0.2) is 0 Å². The summed E-state index contributed by atoms with van der Waals surface area (Å²) < 4.78 is 4.43. The standard InChI is InChI=1S/2C19H14N2.C3H6O.C2H6N2.Ir/c2*1-3-9-15(10-4-1)19-20-17-13-7-8-14-18(17)21(19)16-11-5-2-6-12-16;1-3(2)4;1-2(3)4;/h2*1-14H;1-2H3;1H3,(H3,3,4);/q;;;;+3. The number of rotatable bonds is 4. The van der Waals surface area contributed by atoms with E-state index in [0.717, 1.165) is 56.2 Å². The summed E-state index contributed by atoms with van der Waals surface area (Å²) in [6.45, 7) is 4.58. The number of nitrogens with one attached hydrogen (secondary N) is 1. The van der Waals surface area contributed by atoms with Gasteiger partial charge in [-0.1, -0.05) is 121 Å². The van der Waals surface area contributed by atoms with Crippen LogP contribution in [0.5, 0.6) is 0 Å². The molecule has 6 aromatic carbocycles. The van der Waals surface area contributed by atoms with Crippen LogP contribution in [-0.4, -0.2) is 30.7 Å². The van der Waals surface area contributed by atoms with Crippen molar-refractivity contribution in [3.63, 3.8) is 0 Å². The molecule has 0 bridgehead atoms. The molecule has 8 aromatic rings. The molecule has 8 rings (SSSR count). The van der Waals surface area contributed by atoms with Gasteiger partial charge in [-0.15, -0.1) is 0 Å². The summed E-state index contributed by atoms with van der Waals surface area (Å²) in [5.74, 6) is 2.28. The van der Waals surface area contributed by atoms with Crippen LogP contribution in [-0.2, 0) is 24.9 Å². The Morgan fingerprint density at radius 2 is 0.745 bits per heavy atom. The Morgan fingerprint density at radius 3 is 1.06 bits per heavy atom. The molecule has 51 heavy (non-hydrogen) atoms. The second-order valence-corrected chi connectivity index (χ2v) is 11.5. The van der Waals surface area contributed by atoms with Gasteiger partial charge in [-0.05, 0) is 69.3 Å². The first-order valence-electron chi connectivity index (χ1n) is 16.3. The molecule has 0 aliphatic rings. The quantitative estimate of drug-likeness (QED) is 0.136. The normalized spacial score (nSPS) is 9.94. The largest absolute Gasteiger partial charge is 3.00 e. The topological polar surface area (TPSA) is 103 Å². The monoisotopic (exact) mass is 849 g/mol. The van der Waals surface area contributed by atoms with E-state index in [1.54, 1.807) is 0 Å². The van der Waals surface area contributed by atoms with Crippen LogP contribution in [0, 0.1) is 5.41 Å². The van der Waals surface area contributed by atoms with E-state index in [1.165, 1.54) is 20.8 Å². The van der Waals surface area contributed by atoms with Gasteiger partial charge in [0.1, 0.15) is 17.4 Å². The Hall–Kier alpha value is -5.95. The minimum atomic E-state index is 0.